The van der Waals surface area contributed by atoms with E-state index in [0.717, 1.165) is 0 Å². The zero-order valence-electron chi connectivity index (χ0n) is 66.0. The molecule has 0 aliphatic rings. The fourth-order valence-corrected chi connectivity index (χ4v) is 10.1. The van der Waals surface area contributed by atoms with E-state index in [2.05, 4.69) is 92.5 Å². The molecule has 668 valence electrons. The molecule has 0 aliphatic carbocycles. The standard InChI is InChI=1S/C55H111N37O11.C7H15N5O3/c56-28(10-1-19-75-46(57)58)37(93)84-29(11-2-20-76-47(59)60)38(94)85-30(12-3-21-77-48(61)62)39(95)86-31(13-4-22-78-49(63)64)40(96)87-32(14-5-23-79-50(65)66)41(97)88-33(15-6-24-80-51(67)68)42(98)89-34(16-7-25-81-52(69)70)43(99)90-35(17-8-26-82-53(71)72)44(100)91-36(45(101)92-55(102)103)18-9-27-83-54(73)74;8-4(5(13)12-7(14)15)2-1-3-11-6(9)10/h28-36H,1-27,56H2,(H,84,93)(H,85,94)(H,86,95)(H,87,96)(H,88,97)(H,89,98)(H,90,99)(H,91,100)(H,92,101)(H,102,103)(H4,57,58,75)(H4,59,60,76)(H4,61,62,77)(H4,63,64,78)(H4,65,66,79)(H4,67,68,80)(H4,69,70,81)(H4,71,72,82)(H4,73,74,83);4H,1-3,8H2,(H,12,13)(H,14,15)(H4,9,10,11). The Morgan fingerprint density at radius 3 is 0.475 bits per heavy atom. The van der Waals surface area contributed by atoms with Gasteiger partial charge in [0.25, 0.3) is 5.91 Å². The molecule has 0 saturated heterocycles. The number of carboxylic acid groups (broad SMARTS) is 2. The maximum absolute atomic E-state index is 14.9. The Hall–Kier alpha value is -13.7. The molecule has 0 aromatic rings. The quantitative estimate of drug-likeness (QED) is 0.0153. The first-order valence-corrected chi connectivity index (χ1v) is 37.0. The van der Waals surface area contributed by atoms with E-state index in [1.165, 1.54) is 0 Å². The Balaban J connectivity index is 0. The molecule has 0 bridgehead atoms. The van der Waals surface area contributed by atoms with E-state index in [4.69, 9.17) is 131 Å². The fourth-order valence-electron chi connectivity index (χ4n) is 10.1. The highest BCUT2D eigenvalue weighted by molar-refractivity contribution is 6.00. The van der Waals surface area contributed by atoms with Crippen molar-refractivity contribution in [3.05, 3.63) is 0 Å². The van der Waals surface area contributed by atoms with Crippen LogP contribution in [0.2, 0.25) is 0 Å². The van der Waals surface area contributed by atoms with E-state index in [-0.39, 0.29) is 228 Å². The summed E-state index contributed by atoms with van der Waals surface area (Å²) in [6, 6.07) is -14.2. The van der Waals surface area contributed by atoms with Crippen molar-refractivity contribution in [1.29, 1.82) is 0 Å². The van der Waals surface area contributed by atoms with Crippen LogP contribution in [0.3, 0.4) is 0 Å². The van der Waals surface area contributed by atoms with Gasteiger partial charge in [0.1, 0.15) is 48.3 Å². The smallest absolute Gasteiger partial charge is 0.411 e. The number of hydrogen-bond donors (Lipinski definition) is 34. The first kappa shape index (κ1) is 106. The highest BCUT2D eigenvalue weighted by Gasteiger charge is 2.36. The number of carbonyl (C=O) groups excluding carboxylic acids is 10. The molecule has 0 aromatic heterocycles. The normalized spacial score (nSPS) is 13.0. The Kier molecular flexibility index (Phi) is 55.6. The third-order valence-corrected chi connectivity index (χ3v) is 15.7. The van der Waals surface area contributed by atoms with Crippen LogP contribution in [0.1, 0.15) is 128 Å². The molecule has 0 fully saturated rings. The minimum atomic E-state index is -1.74. The topological polar surface area (TPSA) is 1060 Å². The van der Waals surface area contributed by atoms with Crippen LogP contribution in [0.5, 0.6) is 0 Å². The lowest BCUT2D eigenvalue weighted by Crippen LogP contribution is -2.60. The number of carbonyl (C=O) groups is 12. The second-order valence-corrected chi connectivity index (χ2v) is 25.8. The molecule has 0 aliphatic heterocycles. The van der Waals surface area contributed by atoms with Gasteiger partial charge in [-0.15, -0.1) is 0 Å². The third kappa shape index (κ3) is 56.5. The van der Waals surface area contributed by atoms with E-state index in [1.54, 1.807) is 10.6 Å². The van der Waals surface area contributed by atoms with Gasteiger partial charge in [-0.3, -0.25) is 109 Å². The van der Waals surface area contributed by atoms with Gasteiger partial charge in [-0.05, 0) is 128 Å². The lowest BCUT2D eigenvalue weighted by atomic mass is 10.0. The van der Waals surface area contributed by atoms with Gasteiger partial charge in [-0.25, -0.2) is 9.59 Å². The van der Waals surface area contributed by atoms with Crippen molar-refractivity contribution in [1.82, 2.24) is 53.2 Å². The van der Waals surface area contributed by atoms with Crippen LogP contribution >= 0.6 is 0 Å². The molecule has 10 unspecified atom stereocenters. The van der Waals surface area contributed by atoms with Crippen molar-refractivity contribution in [3.8, 4) is 0 Å². The lowest BCUT2D eigenvalue weighted by Gasteiger charge is -2.28. The summed E-state index contributed by atoms with van der Waals surface area (Å²) < 4.78 is 0. The van der Waals surface area contributed by atoms with Gasteiger partial charge in [0.05, 0.1) is 12.1 Å². The van der Waals surface area contributed by atoms with Crippen molar-refractivity contribution in [2.45, 2.75) is 189 Å². The molecule has 118 heavy (non-hydrogen) atoms. The molecular weight excluding hydrogens is 1560 g/mol. The number of nitrogens with two attached hydrogens (primary N) is 22. The fraction of sp³-hybridized carbons (Fsp3) is 0.645. The molecule has 0 aromatic carbocycles. The lowest BCUT2D eigenvalue weighted by molar-refractivity contribution is -0.136. The maximum Gasteiger partial charge on any atom is 0.411 e. The van der Waals surface area contributed by atoms with E-state index < -0.39 is 132 Å². The molecule has 12 amide bonds. The summed E-state index contributed by atoms with van der Waals surface area (Å²) in [6.45, 7) is 0.0670. The minimum Gasteiger partial charge on any atom is -0.465 e. The number of hydrogen-bond acceptors (Lipinski definition) is 24. The summed E-state index contributed by atoms with van der Waals surface area (Å²) in [4.78, 5) is 200. The first-order valence-electron chi connectivity index (χ1n) is 37.0. The third-order valence-electron chi connectivity index (χ3n) is 15.7. The van der Waals surface area contributed by atoms with Crippen LogP contribution in [-0.4, -0.2) is 267 Å². The van der Waals surface area contributed by atoms with Crippen LogP contribution < -0.4 is 179 Å². The van der Waals surface area contributed by atoms with E-state index in [0.29, 0.717) is 25.8 Å². The Bertz CT molecular complexity index is 3480. The monoisotopic (exact) mass is 1680 g/mol. The molecule has 10 atom stereocenters. The highest BCUT2D eigenvalue weighted by Crippen LogP contribution is 2.13. The predicted molar refractivity (Wildman–Crippen MR) is 443 cm³/mol. The van der Waals surface area contributed by atoms with E-state index in [9.17, 15) is 62.6 Å². The Morgan fingerprint density at radius 1 is 0.195 bits per heavy atom. The number of nitrogens with zero attached hydrogens (tertiary/aromatic N) is 10. The molecule has 56 heteroatoms. The highest BCUT2D eigenvalue weighted by atomic mass is 16.4. The average molecular weight is 1680 g/mol. The summed E-state index contributed by atoms with van der Waals surface area (Å²) >= 11 is 0. The van der Waals surface area contributed by atoms with E-state index in [1.807, 2.05) is 0 Å². The number of nitrogens with one attached hydrogen (secondary N) is 10. The number of rotatable bonds is 58. The van der Waals surface area contributed by atoms with Crippen LogP contribution in [0, 0.1) is 0 Å². The van der Waals surface area contributed by atoms with E-state index >= 15 is 0 Å². The average Bonchev–Trinajstić information content (AvgIpc) is 0.860. The molecule has 0 rings (SSSR count). The molecule has 0 heterocycles. The van der Waals surface area contributed by atoms with Gasteiger partial charge in [-0.1, -0.05) is 0 Å². The summed E-state index contributed by atoms with van der Waals surface area (Å²) in [6.07, 6.45) is -3.25. The second-order valence-electron chi connectivity index (χ2n) is 25.8. The second kappa shape index (κ2) is 61.7. The van der Waals surface area contributed by atoms with Crippen molar-refractivity contribution in [2.75, 3.05) is 65.4 Å². The molecule has 56 N–H and O–H groups in total. The predicted octanol–water partition coefficient (Wildman–Crippen LogP) is -15.4. The van der Waals surface area contributed by atoms with Crippen molar-refractivity contribution in [3.63, 3.8) is 0 Å². The maximum atomic E-state index is 14.9. The van der Waals surface area contributed by atoms with Crippen LogP contribution in [0.4, 0.5) is 9.59 Å². The van der Waals surface area contributed by atoms with Crippen molar-refractivity contribution < 1.29 is 67.7 Å². The number of guanidine groups is 10. The number of amides is 12. The summed E-state index contributed by atoms with van der Waals surface area (Å²) in [5.41, 5.74) is 121. The van der Waals surface area contributed by atoms with Crippen molar-refractivity contribution >= 4 is 131 Å². The van der Waals surface area contributed by atoms with Crippen molar-refractivity contribution in [2.24, 2.45) is 176 Å². The van der Waals surface area contributed by atoms with Gasteiger partial charge < -0.3 is 179 Å². The van der Waals surface area contributed by atoms with Crippen LogP contribution in [0.15, 0.2) is 49.9 Å². The van der Waals surface area contributed by atoms with Gasteiger partial charge in [0.15, 0.2) is 59.6 Å². The van der Waals surface area contributed by atoms with Gasteiger partial charge in [-0.2, -0.15) is 0 Å². The molecular formula is C62H126N42O14. The Labute approximate surface area is 679 Å². The number of aliphatic imine (C=N–C) groups is 10. The molecule has 0 radical (unpaired) electrons. The van der Waals surface area contributed by atoms with Gasteiger partial charge >= 0.3 is 12.2 Å². The van der Waals surface area contributed by atoms with Gasteiger partial charge in [0.2, 0.25) is 53.2 Å². The molecule has 0 saturated carbocycles. The van der Waals surface area contributed by atoms with Crippen LogP contribution in [-0.2, 0) is 47.9 Å². The molecule has 56 nitrogen and oxygen atoms in total. The molecule has 0 spiro atoms. The SMILES string of the molecule is NC(N)=NCCCC(N)C(=O)NC(=O)O.NC(N)=NCCCC(N)C(=O)NC(CCCN=C(N)N)C(=O)NC(CCCN=C(N)N)C(=O)NC(CCCN=C(N)N)C(=O)NC(CCCN=C(N)N)C(=O)NC(CCCN=C(N)N)C(=O)NC(CCCN=C(N)N)C(=O)NC(CCCN=C(N)N)C(=O)NC(CCCN=C(N)N)C(=O)NC(=O)O. The minimum absolute atomic E-state index is 0.00273. The van der Waals surface area contributed by atoms with Crippen LogP contribution in [0.25, 0.3) is 0 Å². The largest absolute Gasteiger partial charge is 0.465 e. The zero-order chi connectivity index (χ0) is 89.8. The zero-order valence-corrected chi connectivity index (χ0v) is 66.0. The first-order chi connectivity index (χ1) is 55.4. The van der Waals surface area contributed by atoms with Gasteiger partial charge in [0, 0.05) is 65.4 Å². The number of imide groups is 2. The summed E-state index contributed by atoms with van der Waals surface area (Å²) in [5, 5.41) is 41.7. The Morgan fingerprint density at radius 2 is 0.322 bits per heavy atom. The summed E-state index contributed by atoms with van der Waals surface area (Å²) in [7, 11) is 0. The summed E-state index contributed by atoms with van der Waals surface area (Å²) in [5.74, 6) is -12.0.